The SMILES string of the molecule is O=C(CCc1ncc(-c2ccc(F)cc2)o1)N1CCCC1c1ccc(F)cc1. The second kappa shape index (κ2) is 7.92. The van der Waals surface area contributed by atoms with Crippen LogP contribution in [0.25, 0.3) is 11.3 Å². The number of aryl methyl sites for hydroxylation is 1. The smallest absolute Gasteiger partial charge is 0.223 e. The Bertz CT molecular complexity index is 951. The molecule has 28 heavy (non-hydrogen) atoms. The average Bonchev–Trinajstić information content (AvgIpc) is 3.37. The van der Waals surface area contributed by atoms with Gasteiger partial charge in [0.1, 0.15) is 11.6 Å². The Morgan fingerprint density at radius 2 is 1.75 bits per heavy atom. The number of rotatable bonds is 5. The summed E-state index contributed by atoms with van der Waals surface area (Å²) in [5.41, 5.74) is 1.70. The summed E-state index contributed by atoms with van der Waals surface area (Å²) < 4.78 is 31.9. The first-order valence-electron chi connectivity index (χ1n) is 9.36. The van der Waals surface area contributed by atoms with Gasteiger partial charge in [-0.15, -0.1) is 0 Å². The van der Waals surface area contributed by atoms with Crippen molar-refractivity contribution in [2.24, 2.45) is 0 Å². The van der Waals surface area contributed by atoms with Crippen LogP contribution >= 0.6 is 0 Å². The molecule has 4 nitrogen and oxygen atoms in total. The van der Waals surface area contributed by atoms with Crippen molar-refractivity contribution in [3.63, 3.8) is 0 Å². The second-order valence-electron chi connectivity index (χ2n) is 6.92. The molecule has 144 valence electrons. The summed E-state index contributed by atoms with van der Waals surface area (Å²) in [4.78, 5) is 18.8. The van der Waals surface area contributed by atoms with Crippen molar-refractivity contribution in [3.05, 3.63) is 77.8 Å². The molecule has 2 heterocycles. The molecule has 0 bridgehead atoms. The molecular formula is C22H20F2N2O2. The Morgan fingerprint density at radius 3 is 2.46 bits per heavy atom. The molecule has 1 amide bonds. The van der Waals surface area contributed by atoms with Gasteiger partial charge in [0.15, 0.2) is 11.7 Å². The standard InChI is InChI=1S/C22H20F2N2O2/c23-17-7-3-15(4-8-17)19-2-1-13-26(19)22(27)12-11-21-25-14-20(28-21)16-5-9-18(24)10-6-16/h3-10,14,19H,1-2,11-13H2. The molecule has 1 unspecified atom stereocenters. The van der Waals surface area contributed by atoms with Gasteiger partial charge in [-0.2, -0.15) is 0 Å². The summed E-state index contributed by atoms with van der Waals surface area (Å²) >= 11 is 0. The van der Waals surface area contributed by atoms with Gasteiger partial charge in [-0.25, -0.2) is 13.8 Å². The van der Waals surface area contributed by atoms with Crippen LogP contribution in [0.15, 0.2) is 59.1 Å². The third kappa shape index (κ3) is 3.96. The minimum absolute atomic E-state index is 0.00700. The zero-order valence-corrected chi connectivity index (χ0v) is 15.3. The number of benzene rings is 2. The van der Waals surface area contributed by atoms with Gasteiger partial charge in [0.05, 0.1) is 12.2 Å². The number of amides is 1. The minimum Gasteiger partial charge on any atom is -0.441 e. The van der Waals surface area contributed by atoms with E-state index in [1.165, 1.54) is 24.3 Å². The van der Waals surface area contributed by atoms with Crippen molar-refractivity contribution in [1.29, 1.82) is 0 Å². The number of halogens is 2. The summed E-state index contributed by atoms with van der Waals surface area (Å²) in [6.45, 7) is 0.702. The van der Waals surface area contributed by atoms with Crippen LogP contribution in [0, 0.1) is 11.6 Å². The highest BCUT2D eigenvalue weighted by molar-refractivity contribution is 5.77. The first kappa shape index (κ1) is 18.3. The summed E-state index contributed by atoms with van der Waals surface area (Å²) in [7, 11) is 0. The molecule has 0 aliphatic carbocycles. The number of nitrogens with zero attached hydrogens (tertiary/aromatic N) is 2. The summed E-state index contributed by atoms with van der Waals surface area (Å²) in [5, 5.41) is 0. The Balaban J connectivity index is 1.39. The van der Waals surface area contributed by atoms with Crippen molar-refractivity contribution in [2.75, 3.05) is 6.54 Å². The third-order valence-corrected chi connectivity index (χ3v) is 5.06. The molecule has 1 saturated heterocycles. The van der Waals surface area contributed by atoms with Gasteiger partial charge >= 0.3 is 0 Å². The Hall–Kier alpha value is -3.02. The Kier molecular flexibility index (Phi) is 5.19. The monoisotopic (exact) mass is 382 g/mol. The molecule has 0 saturated carbocycles. The summed E-state index contributed by atoms with van der Waals surface area (Å²) in [5.74, 6) is 0.474. The molecule has 1 aliphatic rings. The zero-order chi connectivity index (χ0) is 19.5. The fourth-order valence-corrected chi connectivity index (χ4v) is 3.63. The number of carbonyl (C=O) groups excluding carboxylic acids is 1. The molecule has 4 rings (SSSR count). The highest BCUT2D eigenvalue weighted by atomic mass is 19.1. The molecule has 1 fully saturated rings. The van der Waals surface area contributed by atoms with E-state index in [4.69, 9.17) is 4.42 Å². The number of aromatic nitrogens is 1. The maximum Gasteiger partial charge on any atom is 0.223 e. The van der Waals surface area contributed by atoms with E-state index >= 15 is 0 Å². The number of hydrogen-bond donors (Lipinski definition) is 0. The van der Waals surface area contributed by atoms with E-state index in [2.05, 4.69) is 4.98 Å². The van der Waals surface area contributed by atoms with E-state index in [9.17, 15) is 13.6 Å². The maximum absolute atomic E-state index is 13.2. The van der Waals surface area contributed by atoms with E-state index in [0.29, 0.717) is 31.0 Å². The van der Waals surface area contributed by atoms with E-state index in [1.807, 2.05) is 4.90 Å². The number of carbonyl (C=O) groups is 1. The molecule has 0 N–H and O–H groups in total. The van der Waals surface area contributed by atoms with Crippen LogP contribution in [-0.2, 0) is 11.2 Å². The van der Waals surface area contributed by atoms with Crippen molar-refractivity contribution in [3.8, 4) is 11.3 Å². The summed E-state index contributed by atoms with van der Waals surface area (Å²) in [6, 6.07) is 12.3. The predicted molar refractivity (Wildman–Crippen MR) is 100 cm³/mol. The average molecular weight is 382 g/mol. The van der Waals surface area contributed by atoms with Crippen molar-refractivity contribution >= 4 is 5.91 Å². The van der Waals surface area contributed by atoms with Crippen LogP contribution in [0.4, 0.5) is 8.78 Å². The summed E-state index contributed by atoms with van der Waals surface area (Å²) in [6.07, 6.45) is 4.09. The fraction of sp³-hybridized carbons (Fsp3) is 0.273. The molecule has 3 aromatic rings. The second-order valence-corrected chi connectivity index (χ2v) is 6.92. The van der Waals surface area contributed by atoms with E-state index in [-0.39, 0.29) is 23.6 Å². The minimum atomic E-state index is -0.310. The normalized spacial score (nSPS) is 16.5. The molecule has 0 radical (unpaired) electrons. The Labute approximate surface area is 161 Å². The van der Waals surface area contributed by atoms with Gasteiger partial charge in [0.2, 0.25) is 5.91 Å². The molecule has 1 aromatic heterocycles. The van der Waals surface area contributed by atoms with Crippen molar-refractivity contribution in [2.45, 2.75) is 31.7 Å². The van der Waals surface area contributed by atoms with Crippen LogP contribution < -0.4 is 0 Å². The number of hydrogen-bond acceptors (Lipinski definition) is 3. The molecule has 6 heteroatoms. The molecule has 0 spiro atoms. The van der Waals surface area contributed by atoms with E-state index < -0.39 is 0 Å². The lowest BCUT2D eigenvalue weighted by atomic mass is 10.0. The molecule has 1 atom stereocenters. The highest BCUT2D eigenvalue weighted by Crippen LogP contribution is 2.32. The first-order valence-corrected chi connectivity index (χ1v) is 9.36. The van der Waals surface area contributed by atoms with Crippen molar-refractivity contribution in [1.82, 2.24) is 9.88 Å². The Morgan fingerprint density at radius 1 is 1.07 bits per heavy atom. The third-order valence-electron chi connectivity index (χ3n) is 5.06. The fourth-order valence-electron chi connectivity index (χ4n) is 3.63. The van der Waals surface area contributed by atoms with Crippen LogP contribution in [0.5, 0.6) is 0 Å². The lowest BCUT2D eigenvalue weighted by molar-refractivity contribution is -0.132. The van der Waals surface area contributed by atoms with Gasteiger partial charge in [-0.3, -0.25) is 4.79 Å². The molecular weight excluding hydrogens is 362 g/mol. The van der Waals surface area contributed by atoms with Gasteiger partial charge in [0, 0.05) is 24.9 Å². The van der Waals surface area contributed by atoms with E-state index in [0.717, 1.165) is 24.0 Å². The quantitative estimate of drug-likeness (QED) is 0.629. The number of likely N-dealkylation sites (tertiary alicyclic amines) is 1. The largest absolute Gasteiger partial charge is 0.441 e. The maximum atomic E-state index is 13.2. The highest BCUT2D eigenvalue weighted by Gasteiger charge is 2.29. The van der Waals surface area contributed by atoms with Gasteiger partial charge in [-0.1, -0.05) is 12.1 Å². The lowest BCUT2D eigenvalue weighted by Gasteiger charge is -2.25. The predicted octanol–water partition coefficient (Wildman–Crippen LogP) is 4.92. The molecule has 2 aromatic carbocycles. The lowest BCUT2D eigenvalue weighted by Crippen LogP contribution is -2.30. The van der Waals surface area contributed by atoms with Crippen LogP contribution in [0.1, 0.15) is 36.8 Å². The first-order chi connectivity index (χ1) is 13.6. The van der Waals surface area contributed by atoms with Crippen LogP contribution in [0.3, 0.4) is 0 Å². The molecule has 1 aliphatic heterocycles. The van der Waals surface area contributed by atoms with Gasteiger partial charge in [-0.05, 0) is 54.8 Å². The van der Waals surface area contributed by atoms with Crippen LogP contribution in [0.2, 0.25) is 0 Å². The topological polar surface area (TPSA) is 46.3 Å². The van der Waals surface area contributed by atoms with Gasteiger partial charge < -0.3 is 9.32 Å². The van der Waals surface area contributed by atoms with Gasteiger partial charge in [0.25, 0.3) is 0 Å². The van der Waals surface area contributed by atoms with Crippen LogP contribution in [-0.4, -0.2) is 22.3 Å². The number of oxazole rings is 1. The van der Waals surface area contributed by atoms with Crippen molar-refractivity contribution < 1.29 is 18.0 Å². The van der Waals surface area contributed by atoms with E-state index in [1.54, 1.807) is 30.5 Å². The zero-order valence-electron chi connectivity index (χ0n) is 15.3.